The minimum Gasteiger partial charge on any atom is -0.489 e. The second-order valence-corrected chi connectivity index (χ2v) is 8.19. The van der Waals surface area contributed by atoms with Gasteiger partial charge < -0.3 is 15.4 Å². The number of hydrogen-bond donors (Lipinski definition) is 2. The van der Waals surface area contributed by atoms with Gasteiger partial charge in [0.2, 0.25) is 0 Å². The normalized spacial score (nSPS) is 11.3. The van der Waals surface area contributed by atoms with Gasteiger partial charge in [0.25, 0.3) is 0 Å². The second-order valence-electron chi connectivity index (χ2n) is 6.17. The van der Waals surface area contributed by atoms with Gasteiger partial charge in [-0.1, -0.05) is 43.0 Å². The van der Waals surface area contributed by atoms with Crippen molar-refractivity contribution in [2.45, 2.75) is 24.9 Å². The Morgan fingerprint density at radius 2 is 1.83 bits per heavy atom. The van der Waals surface area contributed by atoms with Gasteiger partial charge in [0.1, 0.15) is 12.4 Å². The molecule has 2 N–H and O–H groups in total. The van der Waals surface area contributed by atoms with E-state index in [0.29, 0.717) is 30.6 Å². The lowest BCUT2D eigenvalue weighted by atomic mass is 10.2. The standard InChI is InChI=1S/C21H27N3O3S.HI/c1-4-14-27-20-9-7-6-8-18(20)16-24-21(22-5-2)23-15-17-10-12-19(13-11-17)28(3,25)26;/h4,6-13H,1,5,14-16H2,2-3H3,(H2,22,23,24);1H. The predicted octanol–water partition coefficient (Wildman–Crippen LogP) is 3.53. The molecule has 0 aromatic heterocycles. The molecular weight excluding hydrogens is 501 g/mol. The lowest BCUT2D eigenvalue weighted by molar-refractivity contribution is 0.358. The van der Waals surface area contributed by atoms with E-state index < -0.39 is 9.84 Å². The first-order chi connectivity index (χ1) is 13.4. The number of nitrogens with one attached hydrogen (secondary N) is 2. The number of sulfone groups is 1. The molecule has 8 heteroatoms. The summed E-state index contributed by atoms with van der Waals surface area (Å²) in [6.45, 7) is 7.85. The van der Waals surface area contributed by atoms with Crippen LogP contribution in [0.5, 0.6) is 5.75 Å². The van der Waals surface area contributed by atoms with Crippen LogP contribution in [0.15, 0.2) is 71.1 Å². The maximum atomic E-state index is 11.5. The summed E-state index contributed by atoms with van der Waals surface area (Å²) in [4.78, 5) is 4.88. The highest BCUT2D eigenvalue weighted by Crippen LogP contribution is 2.17. The van der Waals surface area contributed by atoms with Crippen LogP contribution in [-0.2, 0) is 22.9 Å². The van der Waals surface area contributed by atoms with E-state index >= 15 is 0 Å². The van der Waals surface area contributed by atoms with Gasteiger partial charge >= 0.3 is 0 Å². The highest BCUT2D eigenvalue weighted by Gasteiger charge is 2.07. The number of halogens is 1. The molecule has 0 amide bonds. The van der Waals surface area contributed by atoms with E-state index in [9.17, 15) is 8.42 Å². The quantitative estimate of drug-likeness (QED) is 0.225. The van der Waals surface area contributed by atoms with Crippen LogP contribution in [0.4, 0.5) is 0 Å². The van der Waals surface area contributed by atoms with Crippen LogP contribution in [0.25, 0.3) is 0 Å². The zero-order chi connectivity index (χ0) is 20.4. The van der Waals surface area contributed by atoms with Gasteiger partial charge in [0.05, 0.1) is 11.4 Å². The molecule has 0 spiro atoms. The molecule has 0 radical (unpaired) electrons. The molecule has 29 heavy (non-hydrogen) atoms. The van der Waals surface area contributed by atoms with Crippen molar-refractivity contribution in [3.63, 3.8) is 0 Å². The van der Waals surface area contributed by atoms with Crippen molar-refractivity contribution >= 4 is 39.8 Å². The van der Waals surface area contributed by atoms with Gasteiger partial charge in [0, 0.05) is 24.9 Å². The van der Waals surface area contributed by atoms with Gasteiger partial charge in [0.15, 0.2) is 15.8 Å². The maximum absolute atomic E-state index is 11.5. The molecule has 0 bridgehead atoms. The Bertz CT molecular complexity index is 913. The third kappa shape index (κ3) is 8.45. The first-order valence-electron chi connectivity index (χ1n) is 9.06. The number of hydrogen-bond acceptors (Lipinski definition) is 4. The zero-order valence-electron chi connectivity index (χ0n) is 16.7. The molecule has 0 saturated heterocycles. The van der Waals surface area contributed by atoms with E-state index in [1.165, 1.54) is 6.26 Å². The summed E-state index contributed by atoms with van der Waals surface area (Å²) in [7, 11) is -3.19. The molecule has 0 fully saturated rings. The molecule has 158 valence electrons. The van der Waals surface area contributed by atoms with Gasteiger partial charge in [-0.15, -0.1) is 24.0 Å². The third-order valence-corrected chi connectivity index (χ3v) is 5.02. The monoisotopic (exact) mass is 529 g/mol. The molecule has 2 aromatic rings. The largest absolute Gasteiger partial charge is 0.489 e. The summed E-state index contributed by atoms with van der Waals surface area (Å²) in [5.74, 6) is 1.48. The number of benzene rings is 2. The Morgan fingerprint density at radius 3 is 2.45 bits per heavy atom. The zero-order valence-corrected chi connectivity index (χ0v) is 19.9. The number of ether oxygens (including phenoxy) is 1. The van der Waals surface area contributed by atoms with Crippen LogP contribution in [0.3, 0.4) is 0 Å². The molecule has 0 atom stereocenters. The molecule has 0 aliphatic rings. The predicted molar refractivity (Wildman–Crippen MR) is 129 cm³/mol. The van der Waals surface area contributed by atoms with Crippen molar-refractivity contribution in [2.24, 2.45) is 4.99 Å². The van der Waals surface area contributed by atoms with Crippen LogP contribution in [0, 0.1) is 0 Å². The Labute approximate surface area is 190 Å². The average molecular weight is 529 g/mol. The topological polar surface area (TPSA) is 79.8 Å². The molecule has 2 aromatic carbocycles. The molecule has 2 rings (SSSR count). The Balaban J connectivity index is 0.00000420. The minimum absolute atomic E-state index is 0. The SMILES string of the molecule is C=CCOc1ccccc1CNC(=NCc1ccc(S(C)(=O)=O)cc1)NCC.I. The summed E-state index contributed by atoms with van der Waals surface area (Å²) < 4.78 is 28.8. The molecule has 0 saturated carbocycles. The highest BCUT2D eigenvalue weighted by atomic mass is 127. The molecule has 0 unspecified atom stereocenters. The Hall–Kier alpha value is -2.07. The first kappa shape index (κ1) is 25.0. The van der Waals surface area contributed by atoms with Crippen molar-refractivity contribution < 1.29 is 13.2 Å². The van der Waals surface area contributed by atoms with E-state index in [1.54, 1.807) is 30.3 Å². The summed E-state index contributed by atoms with van der Waals surface area (Å²) in [5.41, 5.74) is 1.95. The smallest absolute Gasteiger partial charge is 0.191 e. The lowest BCUT2D eigenvalue weighted by Crippen LogP contribution is -2.36. The van der Waals surface area contributed by atoms with Crippen LogP contribution in [0.1, 0.15) is 18.1 Å². The van der Waals surface area contributed by atoms with E-state index in [1.807, 2.05) is 31.2 Å². The van der Waals surface area contributed by atoms with Crippen molar-refractivity contribution in [2.75, 3.05) is 19.4 Å². The van der Waals surface area contributed by atoms with E-state index in [-0.39, 0.29) is 24.0 Å². The van der Waals surface area contributed by atoms with Gasteiger partial charge in [-0.25, -0.2) is 13.4 Å². The molecule has 0 aliphatic carbocycles. The summed E-state index contributed by atoms with van der Waals surface area (Å²) in [6.07, 6.45) is 2.91. The lowest BCUT2D eigenvalue weighted by Gasteiger charge is -2.14. The summed E-state index contributed by atoms with van der Waals surface area (Å²) >= 11 is 0. The Kier molecular flexibility index (Phi) is 10.7. The van der Waals surface area contributed by atoms with Crippen molar-refractivity contribution in [1.29, 1.82) is 0 Å². The summed E-state index contributed by atoms with van der Waals surface area (Å²) in [5, 5.41) is 6.50. The highest BCUT2D eigenvalue weighted by molar-refractivity contribution is 14.0. The van der Waals surface area contributed by atoms with Crippen molar-refractivity contribution in [3.8, 4) is 5.75 Å². The first-order valence-corrected chi connectivity index (χ1v) is 11.0. The van der Waals surface area contributed by atoms with E-state index in [2.05, 4.69) is 22.2 Å². The number of rotatable bonds is 9. The molecular formula is C21H28IN3O3S. The van der Waals surface area contributed by atoms with Crippen molar-refractivity contribution in [3.05, 3.63) is 72.3 Å². The molecule has 6 nitrogen and oxygen atoms in total. The molecule has 0 heterocycles. The fourth-order valence-corrected chi connectivity index (χ4v) is 3.10. The van der Waals surface area contributed by atoms with Gasteiger partial charge in [-0.2, -0.15) is 0 Å². The van der Waals surface area contributed by atoms with Crippen LogP contribution < -0.4 is 15.4 Å². The fraction of sp³-hybridized carbons (Fsp3) is 0.286. The van der Waals surface area contributed by atoms with Crippen LogP contribution in [0.2, 0.25) is 0 Å². The van der Waals surface area contributed by atoms with Crippen molar-refractivity contribution in [1.82, 2.24) is 10.6 Å². The average Bonchev–Trinajstić information content (AvgIpc) is 2.68. The van der Waals surface area contributed by atoms with Gasteiger partial charge in [-0.05, 0) is 30.7 Å². The maximum Gasteiger partial charge on any atom is 0.191 e. The number of guanidine groups is 1. The minimum atomic E-state index is -3.19. The van der Waals surface area contributed by atoms with Crippen LogP contribution >= 0.6 is 24.0 Å². The van der Waals surface area contributed by atoms with Gasteiger partial charge in [-0.3, -0.25) is 0 Å². The fourth-order valence-electron chi connectivity index (χ4n) is 2.47. The number of nitrogens with zero attached hydrogens (tertiary/aromatic N) is 1. The second kappa shape index (κ2) is 12.5. The third-order valence-electron chi connectivity index (χ3n) is 3.89. The summed E-state index contributed by atoms with van der Waals surface area (Å²) in [6, 6.07) is 14.6. The number of aliphatic imine (C=N–C) groups is 1. The van der Waals surface area contributed by atoms with E-state index in [4.69, 9.17) is 4.74 Å². The molecule has 0 aliphatic heterocycles. The van der Waals surface area contributed by atoms with Crippen LogP contribution in [-0.4, -0.2) is 33.8 Å². The van der Waals surface area contributed by atoms with E-state index in [0.717, 1.165) is 23.4 Å². The Morgan fingerprint density at radius 1 is 1.14 bits per heavy atom. The number of para-hydroxylation sites is 1.